The van der Waals surface area contributed by atoms with Gasteiger partial charge in [-0.25, -0.2) is 8.78 Å². The molecule has 0 aliphatic carbocycles. The summed E-state index contributed by atoms with van der Waals surface area (Å²) in [5.41, 5.74) is 5.89. The number of rotatable bonds is 5. The normalized spacial score (nSPS) is 10.9. The van der Waals surface area contributed by atoms with E-state index in [4.69, 9.17) is 5.73 Å². The van der Waals surface area contributed by atoms with Crippen LogP contribution in [-0.2, 0) is 6.42 Å². The van der Waals surface area contributed by atoms with Gasteiger partial charge in [-0.1, -0.05) is 12.1 Å². The first-order chi connectivity index (χ1) is 7.15. The molecule has 0 saturated carbocycles. The highest BCUT2D eigenvalue weighted by molar-refractivity contribution is 5.36. The van der Waals surface area contributed by atoms with Gasteiger partial charge in [0, 0.05) is 5.56 Å². The van der Waals surface area contributed by atoms with Gasteiger partial charge in [0.05, 0.1) is 0 Å². The first-order valence-electron chi connectivity index (χ1n) is 4.95. The summed E-state index contributed by atoms with van der Waals surface area (Å²) in [5, 5.41) is 9.47. The van der Waals surface area contributed by atoms with Gasteiger partial charge >= 0.3 is 0 Å². The predicted octanol–water partition coefficient (Wildman–Crippen LogP) is 2.61. The second-order valence-corrected chi connectivity index (χ2v) is 3.43. The summed E-state index contributed by atoms with van der Waals surface area (Å²) in [6, 6.07) is 4.03. The van der Waals surface area contributed by atoms with Crippen LogP contribution in [0.15, 0.2) is 18.2 Å². The monoisotopic (exact) mass is 215 g/mol. The SMILES string of the molecule is NCCCCc1ccc(C(F)F)cc1O. The zero-order valence-electron chi connectivity index (χ0n) is 8.42. The van der Waals surface area contributed by atoms with Crippen LogP contribution in [-0.4, -0.2) is 11.7 Å². The van der Waals surface area contributed by atoms with E-state index in [9.17, 15) is 13.9 Å². The fourth-order valence-electron chi connectivity index (χ4n) is 1.39. The number of unbranched alkanes of at least 4 members (excludes halogenated alkanes) is 1. The Kier molecular flexibility index (Phi) is 4.49. The van der Waals surface area contributed by atoms with Crippen molar-refractivity contribution in [2.75, 3.05) is 6.54 Å². The van der Waals surface area contributed by atoms with Crippen molar-refractivity contribution in [2.24, 2.45) is 5.73 Å². The lowest BCUT2D eigenvalue weighted by Gasteiger charge is -2.06. The maximum absolute atomic E-state index is 12.3. The van der Waals surface area contributed by atoms with Crippen molar-refractivity contribution in [1.82, 2.24) is 0 Å². The molecule has 0 aliphatic rings. The molecule has 15 heavy (non-hydrogen) atoms. The summed E-state index contributed by atoms with van der Waals surface area (Å²) in [6.07, 6.45) is -0.130. The lowest BCUT2D eigenvalue weighted by molar-refractivity contribution is 0.151. The van der Waals surface area contributed by atoms with Gasteiger partial charge in [0.2, 0.25) is 0 Å². The van der Waals surface area contributed by atoms with Crippen molar-refractivity contribution in [3.8, 4) is 5.75 Å². The highest BCUT2D eigenvalue weighted by atomic mass is 19.3. The van der Waals surface area contributed by atoms with Crippen LogP contribution >= 0.6 is 0 Å². The third-order valence-corrected chi connectivity index (χ3v) is 2.26. The van der Waals surface area contributed by atoms with Crippen molar-refractivity contribution >= 4 is 0 Å². The summed E-state index contributed by atoms with van der Waals surface area (Å²) in [7, 11) is 0. The summed E-state index contributed by atoms with van der Waals surface area (Å²) < 4.78 is 24.5. The minimum Gasteiger partial charge on any atom is -0.508 e. The van der Waals surface area contributed by atoms with Crippen molar-refractivity contribution in [1.29, 1.82) is 0 Å². The lowest BCUT2D eigenvalue weighted by atomic mass is 10.0. The van der Waals surface area contributed by atoms with Gasteiger partial charge in [-0.15, -0.1) is 0 Å². The van der Waals surface area contributed by atoms with E-state index in [1.54, 1.807) is 6.07 Å². The maximum Gasteiger partial charge on any atom is 0.263 e. The average molecular weight is 215 g/mol. The number of hydrogen-bond acceptors (Lipinski definition) is 2. The molecule has 0 heterocycles. The number of aryl methyl sites for hydroxylation is 1. The first kappa shape index (κ1) is 11.9. The Morgan fingerprint density at radius 1 is 1.27 bits per heavy atom. The first-order valence-corrected chi connectivity index (χ1v) is 4.95. The molecule has 2 nitrogen and oxygen atoms in total. The molecular formula is C11H15F2NO. The van der Waals surface area contributed by atoms with Gasteiger partial charge in [0.25, 0.3) is 6.43 Å². The summed E-state index contributed by atoms with van der Waals surface area (Å²) >= 11 is 0. The van der Waals surface area contributed by atoms with Crippen LogP contribution in [0.1, 0.15) is 30.4 Å². The number of phenols is 1. The van der Waals surface area contributed by atoms with Crippen LogP contribution in [0.2, 0.25) is 0 Å². The van der Waals surface area contributed by atoms with Crippen LogP contribution in [0, 0.1) is 0 Å². The third kappa shape index (κ3) is 3.47. The van der Waals surface area contributed by atoms with E-state index in [0.717, 1.165) is 18.9 Å². The Balaban J connectivity index is 2.66. The number of benzene rings is 1. The highest BCUT2D eigenvalue weighted by Crippen LogP contribution is 2.26. The highest BCUT2D eigenvalue weighted by Gasteiger charge is 2.09. The molecule has 4 heteroatoms. The lowest BCUT2D eigenvalue weighted by Crippen LogP contribution is -1.99. The van der Waals surface area contributed by atoms with Crippen molar-refractivity contribution in [3.63, 3.8) is 0 Å². The average Bonchev–Trinajstić information content (AvgIpc) is 2.20. The largest absolute Gasteiger partial charge is 0.508 e. The zero-order chi connectivity index (χ0) is 11.3. The Morgan fingerprint density at radius 3 is 2.53 bits per heavy atom. The van der Waals surface area contributed by atoms with Crippen LogP contribution in [0.5, 0.6) is 5.75 Å². The zero-order valence-corrected chi connectivity index (χ0v) is 8.42. The van der Waals surface area contributed by atoms with Crippen molar-refractivity contribution in [3.05, 3.63) is 29.3 Å². The molecule has 0 spiro atoms. The van der Waals surface area contributed by atoms with Crippen LogP contribution in [0.3, 0.4) is 0 Å². The maximum atomic E-state index is 12.3. The quantitative estimate of drug-likeness (QED) is 0.741. The smallest absolute Gasteiger partial charge is 0.263 e. The van der Waals surface area contributed by atoms with E-state index in [0.29, 0.717) is 18.5 Å². The van der Waals surface area contributed by atoms with Crippen LogP contribution in [0.25, 0.3) is 0 Å². The summed E-state index contributed by atoms with van der Waals surface area (Å²) in [6.45, 7) is 0.607. The molecule has 0 atom stereocenters. The van der Waals surface area contributed by atoms with Gasteiger partial charge < -0.3 is 10.8 Å². The summed E-state index contributed by atoms with van der Waals surface area (Å²) in [4.78, 5) is 0. The molecule has 0 fully saturated rings. The fraction of sp³-hybridized carbons (Fsp3) is 0.455. The predicted molar refractivity (Wildman–Crippen MR) is 55.1 cm³/mol. The van der Waals surface area contributed by atoms with E-state index in [1.165, 1.54) is 6.07 Å². The third-order valence-electron chi connectivity index (χ3n) is 2.26. The molecule has 0 radical (unpaired) electrons. The second kappa shape index (κ2) is 5.66. The van der Waals surface area contributed by atoms with E-state index in [1.807, 2.05) is 0 Å². The molecule has 1 rings (SSSR count). The summed E-state index contributed by atoms with van der Waals surface area (Å²) in [5.74, 6) is -0.0511. The minimum atomic E-state index is -2.53. The Bertz CT molecular complexity index is 315. The van der Waals surface area contributed by atoms with Gasteiger partial charge in [0.15, 0.2) is 0 Å². The van der Waals surface area contributed by atoms with Gasteiger partial charge in [-0.2, -0.15) is 0 Å². The molecule has 3 N–H and O–H groups in total. The molecule has 0 unspecified atom stereocenters. The minimum absolute atomic E-state index is 0.0511. The van der Waals surface area contributed by atoms with Gasteiger partial charge in [-0.05, 0) is 37.4 Å². The molecule has 0 saturated heterocycles. The molecule has 1 aromatic carbocycles. The number of aromatic hydroxyl groups is 1. The Morgan fingerprint density at radius 2 is 2.00 bits per heavy atom. The van der Waals surface area contributed by atoms with E-state index < -0.39 is 6.43 Å². The molecule has 0 aromatic heterocycles. The Hall–Kier alpha value is -1.16. The van der Waals surface area contributed by atoms with Gasteiger partial charge in [0.1, 0.15) is 5.75 Å². The topological polar surface area (TPSA) is 46.2 Å². The van der Waals surface area contributed by atoms with Crippen LogP contribution in [0.4, 0.5) is 8.78 Å². The van der Waals surface area contributed by atoms with E-state index in [2.05, 4.69) is 0 Å². The van der Waals surface area contributed by atoms with Gasteiger partial charge in [-0.3, -0.25) is 0 Å². The molecule has 1 aromatic rings. The number of phenolic OH excluding ortho intramolecular Hbond substituents is 1. The standard InChI is InChI=1S/C11H15F2NO/c12-11(13)9-5-4-8(10(15)7-9)3-1-2-6-14/h4-5,7,11,15H,1-3,6,14H2. The number of nitrogens with two attached hydrogens (primary N) is 1. The van der Waals surface area contributed by atoms with Crippen molar-refractivity contribution in [2.45, 2.75) is 25.7 Å². The Labute approximate surface area is 87.7 Å². The number of hydrogen-bond donors (Lipinski definition) is 2. The molecule has 0 aliphatic heterocycles. The number of halogens is 2. The van der Waals surface area contributed by atoms with Crippen LogP contribution < -0.4 is 5.73 Å². The second-order valence-electron chi connectivity index (χ2n) is 3.43. The molecular weight excluding hydrogens is 200 g/mol. The fourth-order valence-corrected chi connectivity index (χ4v) is 1.39. The molecule has 0 amide bonds. The molecule has 0 bridgehead atoms. The molecule has 84 valence electrons. The van der Waals surface area contributed by atoms with E-state index >= 15 is 0 Å². The van der Waals surface area contributed by atoms with Crippen molar-refractivity contribution < 1.29 is 13.9 Å². The van der Waals surface area contributed by atoms with E-state index in [-0.39, 0.29) is 11.3 Å². The number of alkyl halides is 2.